The molecule has 0 bridgehead atoms. The first-order chi connectivity index (χ1) is 11.2. The van der Waals surface area contributed by atoms with Crippen molar-refractivity contribution in [3.05, 3.63) is 71.2 Å². The monoisotopic (exact) mass is 368 g/mol. The highest BCUT2D eigenvalue weighted by atomic mass is 79.9. The molecule has 4 aromatic rings. The highest BCUT2D eigenvalue weighted by Gasteiger charge is 2.13. The Balaban J connectivity index is 1.92. The van der Waals surface area contributed by atoms with Crippen LogP contribution in [0.2, 0.25) is 0 Å². The molecule has 0 amide bonds. The van der Waals surface area contributed by atoms with E-state index in [-0.39, 0.29) is 5.82 Å². The van der Waals surface area contributed by atoms with E-state index in [1.54, 1.807) is 35.1 Å². The van der Waals surface area contributed by atoms with Crippen molar-refractivity contribution in [3.63, 3.8) is 0 Å². The Bertz CT molecular complexity index is 998. The van der Waals surface area contributed by atoms with Crippen LogP contribution >= 0.6 is 15.9 Å². The van der Waals surface area contributed by atoms with Gasteiger partial charge in [-0.3, -0.25) is 4.98 Å². The Kier molecular flexibility index (Phi) is 3.38. The van der Waals surface area contributed by atoms with Gasteiger partial charge >= 0.3 is 0 Å². The van der Waals surface area contributed by atoms with Crippen molar-refractivity contribution in [2.24, 2.45) is 0 Å². The Labute approximate surface area is 139 Å². The first-order valence-electron chi connectivity index (χ1n) is 6.94. The number of fused-ring (bicyclic) bond motifs is 1. The van der Waals surface area contributed by atoms with Gasteiger partial charge in [0, 0.05) is 28.5 Å². The molecule has 0 atom stereocenters. The van der Waals surface area contributed by atoms with E-state index in [2.05, 4.69) is 31.0 Å². The highest BCUT2D eigenvalue weighted by molar-refractivity contribution is 9.10. The van der Waals surface area contributed by atoms with E-state index in [1.165, 1.54) is 6.07 Å². The van der Waals surface area contributed by atoms with Crippen LogP contribution in [0.5, 0.6) is 0 Å². The van der Waals surface area contributed by atoms with E-state index in [0.717, 1.165) is 11.4 Å². The molecule has 0 aliphatic carbocycles. The molecule has 0 unspecified atom stereocenters. The van der Waals surface area contributed by atoms with Gasteiger partial charge in [0.2, 0.25) is 0 Å². The van der Waals surface area contributed by atoms with Gasteiger partial charge in [-0.15, -0.1) is 0 Å². The van der Waals surface area contributed by atoms with Gasteiger partial charge in [0.1, 0.15) is 5.82 Å². The summed E-state index contributed by atoms with van der Waals surface area (Å²) in [6, 6.07) is 14.2. The lowest BCUT2D eigenvalue weighted by molar-refractivity contribution is 0.629. The van der Waals surface area contributed by atoms with Crippen LogP contribution in [-0.2, 0) is 0 Å². The average molecular weight is 369 g/mol. The predicted octanol–water partition coefficient (Wildman–Crippen LogP) is 4.36. The average Bonchev–Trinajstić information content (AvgIpc) is 2.99. The summed E-state index contributed by atoms with van der Waals surface area (Å²) in [5, 5.41) is 4.51. The Morgan fingerprint density at radius 3 is 2.61 bits per heavy atom. The van der Waals surface area contributed by atoms with Gasteiger partial charge in [-0.2, -0.15) is 5.10 Å². The zero-order chi connectivity index (χ0) is 15.8. The van der Waals surface area contributed by atoms with Gasteiger partial charge in [-0.25, -0.2) is 13.9 Å². The second kappa shape index (κ2) is 5.55. The van der Waals surface area contributed by atoms with Gasteiger partial charge in [0.05, 0.1) is 17.1 Å². The van der Waals surface area contributed by atoms with Gasteiger partial charge in [0.25, 0.3) is 0 Å². The zero-order valence-electron chi connectivity index (χ0n) is 11.8. The summed E-state index contributed by atoms with van der Waals surface area (Å²) < 4.78 is 16.5. The number of halogens is 2. The molecule has 0 aliphatic heterocycles. The van der Waals surface area contributed by atoms with Crippen molar-refractivity contribution in [1.29, 1.82) is 0 Å². The number of hydrogen-bond acceptors (Lipinski definition) is 3. The van der Waals surface area contributed by atoms with Crippen molar-refractivity contribution in [2.45, 2.75) is 0 Å². The minimum absolute atomic E-state index is 0.331. The topological polar surface area (TPSA) is 43.1 Å². The third-order valence-electron chi connectivity index (χ3n) is 3.49. The van der Waals surface area contributed by atoms with Crippen LogP contribution in [0.4, 0.5) is 4.39 Å². The molecular weight excluding hydrogens is 359 g/mol. The summed E-state index contributed by atoms with van der Waals surface area (Å²) in [4.78, 5) is 8.64. The standard InChI is InChI=1S/C17H10BrFN4/c18-11-4-5-12(13(19)9-11)15-10-17-21-8-6-16(23(17)22-15)14-3-1-2-7-20-14/h1-10H. The number of aromatic nitrogens is 4. The van der Waals surface area contributed by atoms with Crippen molar-refractivity contribution in [1.82, 2.24) is 19.6 Å². The van der Waals surface area contributed by atoms with E-state index < -0.39 is 0 Å². The van der Waals surface area contributed by atoms with Gasteiger partial charge in [0.15, 0.2) is 5.65 Å². The smallest absolute Gasteiger partial charge is 0.156 e. The Morgan fingerprint density at radius 1 is 0.913 bits per heavy atom. The van der Waals surface area contributed by atoms with Crippen LogP contribution in [0.1, 0.15) is 0 Å². The molecule has 0 saturated carbocycles. The SMILES string of the molecule is Fc1cc(Br)ccc1-c1cc2nccc(-c3ccccn3)n2n1. The van der Waals surface area contributed by atoms with Gasteiger partial charge < -0.3 is 0 Å². The number of benzene rings is 1. The Hall–Kier alpha value is -2.60. The van der Waals surface area contributed by atoms with E-state index in [1.807, 2.05) is 24.3 Å². The van der Waals surface area contributed by atoms with Crippen LogP contribution in [0.3, 0.4) is 0 Å². The molecule has 4 nitrogen and oxygen atoms in total. The summed E-state index contributed by atoms with van der Waals surface area (Å²) in [6.45, 7) is 0. The molecule has 112 valence electrons. The quantitative estimate of drug-likeness (QED) is 0.527. The number of pyridine rings is 1. The zero-order valence-corrected chi connectivity index (χ0v) is 13.4. The molecule has 6 heteroatoms. The van der Waals surface area contributed by atoms with Crippen molar-refractivity contribution in [2.75, 3.05) is 0 Å². The van der Waals surface area contributed by atoms with E-state index in [4.69, 9.17) is 0 Å². The molecule has 4 rings (SSSR count). The first-order valence-corrected chi connectivity index (χ1v) is 7.73. The Morgan fingerprint density at radius 2 is 1.83 bits per heavy atom. The summed E-state index contributed by atoms with van der Waals surface area (Å²) in [7, 11) is 0. The van der Waals surface area contributed by atoms with E-state index in [9.17, 15) is 4.39 Å². The van der Waals surface area contributed by atoms with Crippen LogP contribution < -0.4 is 0 Å². The number of nitrogens with zero attached hydrogens (tertiary/aromatic N) is 4. The maximum Gasteiger partial charge on any atom is 0.156 e. The van der Waals surface area contributed by atoms with E-state index >= 15 is 0 Å². The molecular formula is C17H10BrFN4. The third kappa shape index (κ3) is 2.51. The third-order valence-corrected chi connectivity index (χ3v) is 3.99. The maximum atomic E-state index is 14.2. The summed E-state index contributed by atoms with van der Waals surface area (Å²) in [5.74, 6) is -0.331. The minimum Gasteiger partial charge on any atom is -0.255 e. The number of hydrogen-bond donors (Lipinski definition) is 0. The fraction of sp³-hybridized carbons (Fsp3) is 0. The summed E-state index contributed by atoms with van der Waals surface area (Å²) >= 11 is 3.26. The summed E-state index contributed by atoms with van der Waals surface area (Å²) in [5.41, 5.74) is 3.20. The molecule has 23 heavy (non-hydrogen) atoms. The minimum atomic E-state index is -0.331. The number of rotatable bonds is 2. The lowest BCUT2D eigenvalue weighted by Gasteiger charge is -2.03. The second-order valence-corrected chi connectivity index (χ2v) is 5.88. The molecule has 0 spiro atoms. The highest BCUT2D eigenvalue weighted by Crippen LogP contribution is 2.26. The normalized spacial score (nSPS) is 11.0. The van der Waals surface area contributed by atoms with E-state index in [0.29, 0.717) is 21.4 Å². The van der Waals surface area contributed by atoms with Crippen LogP contribution in [0.15, 0.2) is 65.4 Å². The van der Waals surface area contributed by atoms with Crippen molar-refractivity contribution in [3.8, 4) is 22.6 Å². The molecule has 3 aromatic heterocycles. The van der Waals surface area contributed by atoms with Crippen LogP contribution in [0, 0.1) is 5.82 Å². The molecule has 0 saturated heterocycles. The van der Waals surface area contributed by atoms with Crippen LogP contribution in [0.25, 0.3) is 28.3 Å². The van der Waals surface area contributed by atoms with Crippen molar-refractivity contribution >= 4 is 21.6 Å². The van der Waals surface area contributed by atoms with Crippen LogP contribution in [-0.4, -0.2) is 19.6 Å². The summed E-state index contributed by atoms with van der Waals surface area (Å²) in [6.07, 6.45) is 3.42. The lowest BCUT2D eigenvalue weighted by Crippen LogP contribution is -1.97. The van der Waals surface area contributed by atoms with Gasteiger partial charge in [-0.1, -0.05) is 22.0 Å². The fourth-order valence-corrected chi connectivity index (χ4v) is 2.77. The molecule has 0 radical (unpaired) electrons. The lowest BCUT2D eigenvalue weighted by atomic mass is 10.1. The maximum absolute atomic E-state index is 14.2. The fourth-order valence-electron chi connectivity index (χ4n) is 2.43. The molecule has 0 N–H and O–H groups in total. The largest absolute Gasteiger partial charge is 0.255 e. The first kappa shape index (κ1) is 14.0. The molecule has 0 aliphatic rings. The molecule has 1 aromatic carbocycles. The molecule has 3 heterocycles. The molecule has 0 fully saturated rings. The van der Waals surface area contributed by atoms with Crippen molar-refractivity contribution < 1.29 is 4.39 Å². The second-order valence-electron chi connectivity index (χ2n) is 4.97. The predicted molar refractivity (Wildman–Crippen MR) is 89.3 cm³/mol. The van der Waals surface area contributed by atoms with Gasteiger partial charge in [-0.05, 0) is 36.4 Å².